The van der Waals surface area contributed by atoms with Gasteiger partial charge >= 0.3 is 5.97 Å². The van der Waals surface area contributed by atoms with Gasteiger partial charge in [-0.05, 0) is 25.8 Å². The normalized spacial score (nSPS) is 45.5. The van der Waals surface area contributed by atoms with Gasteiger partial charge in [0.15, 0.2) is 6.29 Å². The van der Waals surface area contributed by atoms with E-state index in [0.29, 0.717) is 13.0 Å². The Balaban J connectivity index is 2.17. The van der Waals surface area contributed by atoms with Crippen LogP contribution in [0.5, 0.6) is 0 Å². The predicted octanol–water partition coefficient (Wildman–Crippen LogP) is -0.854. The van der Waals surface area contributed by atoms with E-state index in [0.717, 1.165) is 0 Å². The van der Waals surface area contributed by atoms with Gasteiger partial charge in [-0.2, -0.15) is 0 Å². The third-order valence-electron chi connectivity index (χ3n) is 5.74. The average Bonchev–Trinajstić information content (AvgIpc) is 2.61. The fourth-order valence-corrected chi connectivity index (χ4v) is 4.19. The monoisotopic (exact) mass is 405 g/mol. The lowest BCUT2D eigenvalue weighted by Crippen LogP contribution is -2.62. The van der Waals surface area contributed by atoms with Crippen molar-refractivity contribution in [1.82, 2.24) is 5.32 Å². The molecule has 1 saturated carbocycles. The highest BCUT2D eigenvalue weighted by molar-refractivity contribution is 5.66. The molecule has 2 rings (SSSR count). The van der Waals surface area contributed by atoms with E-state index in [1.165, 1.54) is 13.8 Å². The molecule has 0 aromatic rings. The summed E-state index contributed by atoms with van der Waals surface area (Å²) in [5.74, 6) is -1.16. The summed E-state index contributed by atoms with van der Waals surface area (Å²) in [5, 5.41) is 44.4. The number of likely N-dealkylation sites (N-methyl/N-ethyl adjacent to an activating group) is 1. The molecule has 1 saturated heterocycles. The van der Waals surface area contributed by atoms with Crippen LogP contribution in [0.4, 0.5) is 0 Å². The molecule has 0 spiro atoms. The number of hydrogen-bond acceptors (Lipinski definition) is 9. The molecule has 9 heteroatoms. The lowest BCUT2D eigenvalue weighted by atomic mass is 9.80. The third kappa shape index (κ3) is 5.02. The van der Waals surface area contributed by atoms with Gasteiger partial charge in [-0.1, -0.05) is 20.8 Å². The van der Waals surface area contributed by atoms with E-state index in [4.69, 9.17) is 14.2 Å². The van der Waals surface area contributed by atoms with Crippen molar-refractivity contribution in [3.05, 3.63) is 0 Å². The van der Waals surface area contributed by atoms with E-state index in [2.05, 4.69) is 5.32 Å². The summed E-state index contributed by atoms with van der Waals surface area (Å²) < 4.78 is 17.1. The number of rotatable bonds is 6. The molecule has 0 amide bonds. The highest BCUT2D eigenvalue weighted by Crippen LogP contribution is 2.35. The van der Waals surface area contributed by atoms with E-state index in [1.807, 2.05) is 13.8 Å². The first-order valence-electron chi connectivity index (χ1n) is 10.0. The first-order valence-corrected chi connectivity index (χ1v) is 10.0. The van der Waals surface area contributed by atoms with Crippen molar-refractivity contribution in [1.29, 1.82) is 0 Å². The molecule has 2 aliphatic rings. The quantitative estimate of drug-likeness (QED) is 0.358. The van der Waals surface area contributed by atoms with Crippen molar-refractivity contribution in [3.63, 3.8) is 0 Å². The predicted molar refractivity (Wildman–Crippen MR) is 99.2 cm³/mol. The van der Waals surface area contributed by atoms with E-state index < -0.39 is 60.9 Å². The van der Waals surface area contributed by atoms with Crippen molar-refractivity contribution in [2.75, 3.05) is 6.54 Å². The number of aliphatic hydroxyl groups is 4. The van der Waals surface area contributed by atoms with Gasteiger partial charge < -0.3 is 40.0 Å². The van der Waals surface area contributed by atoms with Crippen LogP contribution in [0, 0.1) is 11.8 Å². The van der Waals surface area contributed by atoms with E-state index in [1.54, 1.807) is 6.92 Å². The first-order chi connectivity index (χ1) is 13.1. The van der Waals surface area contributed by atoms with E-state index in [9.17, 15) is 25.2 Å². The molecule has 1 aliphatic heterocycles. The van der Waals surface area contributed by atoms with Gasteiger partial charge in [0.1, 0.15) is 24.4 Å². The second kappa shape index (κ2) is 9.80. The summed E-state index contributed by atoms with van der Waals surface area (Å²) in [6, 6.07) is -0.207. The van der Waals surface area contributed by atoms with Gasteiger partial charge in [0.05, 0.1) is 18.3 Å². The second-order valence-electron chi connectivity index (χ2n) is 8.09. The highest BCUT2D eigenvalue weighted by Gasteiger charge is 2.49. The molecule has 2 fully saturated rings. The van der Waals surface area contributed by atoms with Gasteiger partial charge in [-0.15, -0.1) is 0 Å². The van der Waals surface area contributed by atoms with Crippen LogP contribution < -0.4 is 5.32 Å². The maximum atomic E-state index is 11.5. The van der Waals surface area contributed by atoms with Gasteiger partial charge in [0, 0.05) is 18.9 Å². The molecule has 0 aromatic carbocycles. The summed E-state index contributed by atoms with van der Waals surface area (Å²) in [7, 11) is 0. The smallest absolute Gasteiger partial charge is 0.303 e. The lowest BCUT2D eigenvalue weighted by Gasteiger charge is -2.47. The minimum atomic E-state index is -1.24. The molecule has 28 heavy (non-hydrogen) atoms. The molecule has 0 radical (unpaired) electrons. The third-order valence-corrected chi connectivity index (χ3v) is 5.74. The molecule has 9 nitrogen and oxygen atoms in total. The van der Waals surface area contributed by atoms with Crippen molar-refractivity contribution < 1.29 is 39.4 Å². The topological polar surface area (TPSA) is 138 Å². The zero-order valence-electron chi connectivity index (χ0n) is 17.2. The molecule has 1 heterocycles. The zero-order valence-corrected chi connectivity index (χ0v) is 17.2. The zero-order chi connectivity index (χ0) is 21.2. The number of carbonyl (C=O) groups excluding carboxylic acids is 1. The highest BCUT2D eigenvalue weighted by atomic mass is 16.7. The SMILES string of the molecule is CCN[C@@H]1CC(C)[C@@H](O[C@H]2OC([C@H](C)O)[C@@H](O)[C@H](O)C2C)[C@H](O)C1OC(C)=O. The van der Waals surface area contributed by atoms with Crippen LogP contribution >= 0.6 is 0 Å². The Morgan fingerprint density at radius 3 is 2.36 bits per heavy atom. The number of nitrogens with one attached hydrogen (secondary N) is 1. The Hall–Kier alpha value is -0.810. The molecule has 0 aromatic heterocycles. The Labute approximate surface area is 166 Å². The molecule has 0 bridgehead atoms. The number of esters is 1. The van der Waals surface area contributed by atoms with Crippen LogP contribution in [0.3, 0.4) is 0 Å². The van der Waals surface area contributed by atoms with Crippen LogP contribution in [-0.2, 0) is 19.0 Å². The average molecular weight is 405 g/mol. The molecule has 4 unspecified atom stereocenters. The minimum Gasteiger partial charge on any atom is -0.458 e. The van der Waals surface area contributed by atoms with E-state index in [-0.39, 0.29) is 12.0 Å². The minimum absolute atomic E-state index is 0.0874. The maximum absolute atomic E-state index is 11.5. The van der Waals surface area contributed by atoms with Crippen molar-refractivity contribution >= 4 is 5.97 Å². The maximum Gasteiger partial charge on any atom is 0.303 e. The van der Waals surface area contributed by atoms with Crippen molar-refractivity contribution in [2.24, 2.45) is 11.8 Å². The standard InChI is InChI=1S/C19H35NO8/c1-6-20-12-7-8(2)16(15(25)18(12)26-11(5)22)27-19-9(3)13(23)14(24)17(28-19)10(4)21/h8-10,12-21,23-25H,6-7H2,1-5H3/t8?,9?,10-,12+,13+,14-,15-,16+,17?,18?,19-/m0/s1. The molecular formula is C19H35NO8. The molecule has 1 aliphatic carbocycles. The first kappa shape index (κ1) is 23.5. The van der Waals surface area contributed by atoms with Crippen LogP contribution in [0.2, 0.25) is 0 Å². The van der Waals surface area contributed by atoms with Gasteiger partial charge in [-0.3, -0.25) is 4.79 Å². The van der Waals surface area contributed by atoms with Gasteiger partial charge in [-0.25, -0.2) is 0 Å². The molecule has 11 atom stereocenters. The number of carbonyl (C=O) groups is 1. The van der Waals surface area contributed by atoms with E-state index >= 15 is 0 Å². The largest absolute Gasteiger partial charge is 0.458 e. The summed E-state index contributed by atoms with van der Waals surface area (Å²) in [6.45, 7) is 8.94. The second-order valence-corrected chi connectivity index (χ2v) is 8.09. The summed E-state index contributed by atoms with van der Waals surface area (Å²) in [5.41, 5.74) is 0. The Bertz CT molecular complexity index is 518. The lowest BCUT2D eigenvalue weighted by molar-refractivity contribution is -0.319. The fraction of sp³-hybridized carbons (Fsp3) is 0.947. The molecule has 5 N–H and O–H groups in total. The number of aliphatic hydroxyl groups excluding tert-OH is 4. The van der Waals surface area contributed by atoms with Crippen molar-refractivity contribution in [2.45, 2.75) is 96.1 Å². The van der Waals surface area contributed by atoms with Crippen molar-refractivity contribution in [3.8, 4) is 0 Å². The van der Waals surface area contributed by atoms with Crippen LogP contribution in [0.15, 0.2) is 0 Å². The summed E-state index contributed by atoms with van der Waals surface area (Å²) >= 11 is 0. The Morgan fingerprint density at radius 2 is 1.82 bits per heavy atom. The van der Waals surface area contributed by atoms with Crippen LogP contribution in [-0.4, -0.2) is 88.0 Å². The van der Waals surface area contributed by atoms with Crippen LogP contribution in [0.1, 0.15) is 41.0 Å². The molecular weight excluding hydrogens is 370 g/mol. The Morgan fingerprint density at radius 1 is 1.18 bits per heavy atom. The summed E-state index contributed by atoms with van der Waals surface area (Å²) in [6.07, 6.45) is -7.31. The molecule has 164 valence electrons. The Kier molecular flexibility index (Phi) is 8.21. The van der Waals surface area contributed by atoms with Gasteiger partial charge in [0.25, 0.3) is 0 Å². The summed E-state index contributed by atoms with van der Waals surface area (Å²) in [4.78, 5) is 11.5. The number of hydrogen-bond donors (Lipinski definition) is 5. The number of ether oxygens (including phenoxy) is 3. The van der Waals surface area contributed by atoms with Crippen LogP contribution in [0.25, 0.3) is 0 Å². The van der Waals surface area contributed by atoms with Gasteiger partial charge in [0.2, 0.25) is 0 Å². The fourth-order valence-electron chi connectivity index (χ4n) is 4.19.